The third-order valence-corrected chi connectivity index (χ3v) is 3.67. The molecule has 0 fully saturated rings. The van der Waals surface area contributed by atoms with Crippen LogP contribution in [0, 0.1) is 0 Å². The number of carbonyl (C=O) groups excluding carboxylic acids is 2. The van der Waals surface area contributed by atoms with Crippen molar-refractivity contribution in [2.24, 2.45) is 0 Å². The summed E-state index contributed by atoms with van der Waals surface area (Å²) in [7, 11) is 3.03. The van der Waals surface area contributed by atoms with Crippen molar-refractivity contribution in [3.05, 3.63) is 0 Å². The van der Waals surface area contributed by atoms with Crippen LogP contribution < -0.4 is 0 Å². The van der Waals surface area contributed by atoms with Gasteiger partial charge in [-0.25, -0.2) is 4.79 Å². The quantitative estimate of drug-likeness (QED) is 0.225. The minimum atomic E-state index is -0.795. The Balaban J connectivity index is 3.05. The number of halogens is 2. The van der Waals surface area contributed by atoms with Gasteiger partial charge in [-0.2, -0.15) is 0 Å². The predicted molar refractivity (Wildman–Crippen MR) is 63.8 cm³/mol. The van der Waals surface area contributed by atoms with Gasteiger partial charge in [0.05, 0.1) is 0 Å². The van der Waals surface area contributed by atoms with Crippen LogP contribution in [-0.2, 0) is 14.3 Å². The Hall–Kier alpha value is 0.220. The van der Waals surface area contributed by atoms with E-state index in [0.717, 1.165) is 0 Å². The summed E-state index contributed by atoms with van der Waals surface area (Å²) < 4.78 is 9.22. The predicted octanol–water partition coefficient (Wildman–Crippen LogP) is 2.53. The molecule has 0 amide bonds. The minimum absolute atomic E-state index is 0.122. The largest absolute Gasteiger partial charge is 0.464 e. The molecule has 15 heavy (non-hydrogen) atoms. The molecule has 0 rings (SSSR count). The molecule has 0 bridgehead atoms. The van der Waals surface area contributed by atoms with Crippen LogP contribution in [0.5, 0.6) is 0 Å². The van der Waals surface area contributed by atoms with Gasteiger partial charge in [-0.05, 0) is 0 Å². The zero-order valence-electron chi connectivity index (χ0n) is 7.74. The fraction of sp³-hybridized carbons (Fsp3) is 0.714. The highest BCUT2D eigenvalue weighted by Crippen LogP contribution is 2.20. The Bertz CT molecular complexity index is 203. The van der Waals surface area contributed by atoms with Gasteiger partial charge in [0, 0.05) is 23.1 Å². The second-order valence-electron chi connectivity index (χ2n) is 2.08. The lowest BCUT2D eigenvalue weighted by molar-refractivity contribution is -0.139. The molecule has 0 aromatic rings. The lowest BCUT2D eigenvalue weighted by Crippen LogP contribution is -2.07. The number of hydrogen-bond donors (Lipinski definition) is 0. The van der Waals surface area contributed by atoms with E-state index in [-0.39, 0.29) is 12.5 Å². The third kappa shape index (κ3) is 12.2. The molecule has 0 aliphatic rings. The van der Waals surface area contributed by atoms with Gasteiger partial charge in [-0.15, -0.1) is 11.6 Å². The van der Waals surface area contributed by atoms with E-state index in [9.17, 15) is 9.59 Å². The number of esters is 1. The molecule has 0 spiro atoms. The van der Waals surface area contributed by atoms with Crippen LogP contribution in [0.15, 0.2) is 0 Å². The fourth-order valence-electron chi connectivity index (χ4n) is 0.502. The highest BCUT2D eigenvalue weighted by atomic mass is 35.5. The molecule has 88 valence electrons. The van der Waals surface area contributed by atoms with Gasteiger partial charge in [-0.3, -0.25) is 4.79 Å². The van der Waals surface area contributed by atoms with Crippen LogP contribution in [0.3, 0.4) is 0 Å². The molecule has 0 aliphatic heterocycles. The lowest BCUT2D eigenvalue weighted by Gasteiger charge is -2.02. The highest BCUT2D eigenvalue weighted by Gasteiger charge is 1.99. The van der Waals surface area contributed by atoms with E-state index >= 15 is 0 Å². The van der Waals surface area contributed by atoms with Crippen molar-refractivity contribution in [1.82, 2.24) is 0 Å². The van der Waals surface area contributed by atoms with Crippen LogP contribution >= 0.6 is 44.8 Å². The van der Waals surface area contributed by atoms with Crippen LogP contribution in [0.2, 0.25) is 0 Å². The third-order valence-electron chi connectivity index (χ3n) is 1.00. The molecule has 0 aliphatic carbocycles. The van der Waals surface area contributed by atoms with Gasteiger partial charge in [0.15, 0.2) is 0 Å². The van der Waals surface area contributed by atoms with E-state index in [1.807, 2.05) is 0 Å². The molecule has 0 unspecified atom stereocenters. The van der Waals surface area contributed by atoms with Crippen LogP contribution in [0.4, 0.5) is 4.79 Å². The summed E-state index contributed by atoms with van der Waals surface area (Å²) in [6.45, 7) is 0.611. The van der Waals surface area contributed by atoms with Crippen molar-refractivity contribution < 1.29 is 19.1 Å². The summed E-state index contributed by atoms with van der Waals surface area (Å²) >= 11 is 10.2. The highest BCUT2D eigenvalue weighted by molar-refractivity contribution is 8.76. The minimum Gasteiger partial charge on any atom is -0.464 e. The number of alkyl halides is 1. The van der Waals surface area contributed by atoms with E-state index < -0.39 is 11.4 Å². The number of carbonyl (C=O) groups is 2. The first-order valence-electron chi connectivity index (χ1n) is 3.95. The molecule has 0 heterocycles. The lowest BCUT2D eigenvalue weighted by atomic mass is 10.8. The van der Waals surface area contributed by atoms with Crippen molar-refractivity contribution in [3.8, 4) is 0 Å². The summed E-state index contributed by atoms with van der Waals surface area (Å²) in [5, 5.41) is 0. The van der Waals surface area contributed by atoms with Crippen molar-refractivity contribution in [1.29, 1.82) is 0 Å². The topological polar surface area (TPSA) is 52.6 Å². The molecule has 8 heteroatoms. The molecule has 0 saturated carbocycles. The smallest absolute Gasteiger partial charge is 0.403 e. The Labute approximate surface area is 106 Å². The zero-order chi connectivity index (χ0) is 11.5. The van der Waals surface area contributed by atoms with Crippen molar-refractivity contribution >= 4 is 56.2 Å². The van der Waals surface area contributed by atoms with Crippen LogP contribution in [0.25, 0.3) is 0 Å². The molecule has 0 N–H and O–H groups in total. The normalized spacial score (nSPS) is 9.73. The average molecular weight is 293 g/mol. The first kappa shape index (κ1) is 15.2. The maximum absolute atomic E-state index is 10.6. The second-order valence-corrected chi connectivity index (χ2v) is 5.36. The Kier molecular flexibility index (Phi) is 10.9. The van der Waals surface area contributed by atoms with Gasteiger partial charge in [0.25, 0.3) is 0 Å². The maximum Gasteiger partial charge on any atom is 0.403 e. The van der Waals surface area contributed by atoms with E-state index in [0.29, 0.717) is 18.1 Å². The second kappa shape index (κ2) is 10.7. The molecular formula is C7H10Cl2O4S2. The summed E-state index contributed by atoms with van der Waals surface area (Å²) in [4.78, 5) is 20.7. The standard InChI is InChI=1S/C7H10Cl2O4S2/c8-5-6(10)12-1-3-14-15-4-2-13-7(9)11/h1-5H2. The van der Waals surface area contributed by atoms with E-state index in [2.05, 4.69) is 4.74 Å². The van der Waals surface area contributed by atoms with Crippen LogP contribution in [0.1, 0.15) is 0 Å². The van der Waals surface area contributed by atoms with Gasteiger partial charge in [-0.1, -0.05) is 21.6 Å². The Morgan fingerprint density at radius 3 is 2.07 bits per heavy atom. The summed E-state index contributed by atoms with van der Waals surface area (Å²) in [6, 6.07) is 0. The molecule has 0 saturated heterocycles. The van der Waals surface area contributed by atoms with E-state index in [4.69, 9.17) is 27.9 Å². The Morgan fingerprint density at radius 1 is 1.07 bits per heavy atom. The van der Waals surface area contributed by atoms with Crippen molar-refractivity contribution in [2.45, 2.75) is 0 Å². The average Bonchev–Trinajstić information content (AvgIpc) is 2.21. The van der Waals surface area contributed by atoms with Crippen LogP contribution in [-0.4, -0.2) is 42.0 Å². The number of hydrogen-bond acceptors (Lipinski definition) is 6. The van der Waals surface area contributed by atoms with Gasteiger partial charge < -0.3 is 9.47 Å². The fourth-order valence-corrected chi connectivity index (χ4v) is 2.31. The first-order chi connectivity index (χ1) is 7.16. The van der Waals surface area contributed by atoms with Crippen molar-refractivity contribution in [3.63, 3.8) is 0 Å². The molecule has 0 atom stereocenters. The molecular weight excluding hydrogens is 283 g/mol. The van der Waals surface area contributed by atoms with Gasteiger partial charge in [0.1, 0.15) is 19.1 Å². The zero-order valence-corrected chi connectivity index (χ0v) is 10.9. The number of ether oxygens (including phenoxy) is 2. The summed E-state index contributed by atoms with van der Waals surface area (Å²) in [5.41, 5.74) is -0.795. The monoisotopic (exact) mass is 292 g/mol. The summed E-state index contributed by atoms with van der Waals surface area (Å²) in [6.07, 6.45) is 0. The maximum atomic E-state index is 10.6. The van der Waals surface area contributed by atoms with E-state index in [1.165, 1.54) is 21.6 Å². The first-order valence-corrected chi connectivity index (χ1v) is 7.35. The van der Waals surface area contributed by atoms with E-state index in [1.54, 1.807) is 0 Å². The van der Waals surface area contributed by atoms with Crippen molar-refractivity contribution in [2.75, 3.05) is 30.6 Å². The molecule has 4 nitrogen and oxygen atoms in total. The van der Waals surface area contributed by atoms with Gasteiger partial charge in [0.2, 0.25) is 0 Å². The summed E-state index contributed by atoms with van der Waals surface area (Å²) in [5.74, 6) is 0.774. The Morgan fingerprint density at radius 2 is 1.60 bits per heavy atom. The molecule has 0 aromatic carbocycles. The molecule has 0 radical (unpaired) electrons. The number of rotatable bonds is 8. The molecule has 0 aromatic heterocycles. The SMILES string of the molecule is O=C(Cl)OCCSSCCOC(=O)CCl. The van der Waals surface area contributed by atoms with Gasteiger partial charge >= 0.3 is 11.4 Å².